The minimum atomic E-state index is 0.428. The molecule has 0 N–H and O–H groups in total. The minimum absolute atomic E-state index is 0.428. The van der Waals surface area contributed by atoms with E-state index in [1.54, 1.807) is 0 Å². The van der Waals surface area contributed by atoms with E-state index in [1.165, 1.54) is 11.3 Å². The summed E-state index contributed by atoms with van der Waals surface area (Å²) in [6.07, 6.45) is 0.836. The zero-order valence-electron chi connectivity index (χ0n) is 4.63. The molecule has 0 bridgehead atoms. The molecule has 3 heteroatoms. The number of hydrogen-bond donors (Lipinski definition) is 0. The molecule has 0 spiro atoms. The van der Waals surface area contributed by atoms with Gasteiger partial charge in [0.1, 0.15) is 0 Å². The highest BCUT2D eigenvalue weighted by Crippen LogP contribution is 2.15. The summed E-state index contributed by atoms with van der Waals surface area (Å²) in [5.74, 6) is 0.428. The molecular formula is C6H5ClOS. The third-order valence-electron chi connectivity index (χ3n) is 1.03. The van der Waals surface area contributed by atoms with E-state index in [2.05, 4.69) is 0 Å². The van der Waals surface area contributed by atoms with E-state index in [9.17, 15) is 4.79 Å². The molecule has 1 nitrogen and oxygen atoms in total. The van der Waals surface area contributed by atoms with Crippen molar-refractivity contribution >= 4 is 29.2 Å². The smallest absolute Gasteiger partial charge is 0.160 e. The molecule has 0 amide bonds. The first-order chi connectivity index (χ1) is 4.38. The minimum Gasteiger partial charge on any atom is -0.297 e. The number of halogens is 1. The second-order valence-electron chi connectivity index (χ2n) is 1.56. The van der Waals surface area contributed by atoms with Crippen LogP contribution in [0.5, 0.6) is 0 Å². The third kappa shape index (κ3) is 1.32. The van der Waals surface area contributed by atoms with Crippen LogP contribution in [-0.4, -0.2) is 6.29 Å². The van der Waals surface area contributed by atoms with Crippen LogP contribution >= 0.6 is 22.9 Å². The van der Waals surface area contributed by atoms with E-state index >= 15 is 0 Å². The first-order valence-corrected chi connectivity index (χ1v) is 3.87. The lowest BCUT2D eigenvalue weighted by Gasteiger charge is -1.85. The van der Waals surface area contributed by atoms with Crippen LogP contribution < -0.4 is 0 Å². The quantitative estimate of drug-likeness (QED) is 0.479. The van der Waals surface area contributed by atoms with Gasteiger partial charge in [-0.2, -0.15) is 0 Å². The molecule has 0 aromatic carbocycles. The molecule has 0 radical (unpaired) electrons. The van der Waals surface area contributed by atoms with Crippen molar-refractivity contribution in [3.05, 3.63) is 21.9 Å². The fraction of sp³-hybridized carbons (Fsp3) is 0.167. The topological polar surface area (TPSA) is 17.1 Å². The maximum absolute atomic E-state index is 10.2. The summed E-state index contributed by atoms with van der Waals surface area (Å²) in [7, 11) is 0. The molecular weight excluding hydrogens is 156 g/mol. The lowest BCUT2D eigenvalue weighted by molar-refractivity contribution is 0.112. The van der Waals surface area contributed by atoms with Gasteiger partial charge in [0.05, 0.1) is 4.88 Å². The van der Waals surface area contributed by atoms with Crippen molar-refractivity contribution in [2.24, 2.45) is 0 Å². The van der Waals surface area contributed by atoms with Gasteiger partial charge >= 0.3 is 0 Å². The summed E-state index contributed by atoms with van der Waals surface area (Å²) in [5.41, 5.74) is 0.927. The van der Waals surface area contributed by atoms with Crippen molar-refractivity contribution in [2.45, 2.75) is 5.88 Å². The molecule has 48 valence electrons. The van der Waals surface area contributed by atoms with E-state index in [-0.39, 0.29) is 0 Å². The van der Waals surface area contributed by atoms with Gasteiger partial charge in [0, 0.05) is 5.88 Å². The molecule has 0 saturated heterocycles. The van der Waals surface area contributed by atoms with Crippen molar-refractivity contribution in [1.82, 2.24) is 0 Å². The Labute approximate surface area is 62.3 Å². The number of carbonyl (C=O) groups is 1. The molecule has 1 aromatic rings. The van der Waals surface area contributed by atoms with Gasteiger partial charge in [0.15, 0.2) is 6.29 Å². The Morgan fingerprint density at radius 1 is 1.78 bits per heavy atom. The molecule has 0 saturated carbocycles. The Morgan fingerprint density at radius 3 is 3.00 bits per heavy atom. The summed E-state index contributed by atoms with van der Waals surface area (Å²) in [5, 5.41) is 1.86. The van der Waals surface area contributed by atoms with E-state index < -0.39 is 0 Å². The number of rotatable bonds is 2. The highest BCUT2D eigenvalue weighted by Gasteiger charge is 1.98. The average Bonchev–Trinajstić information content (AvgIpc) is 2.33. The maximum Gasteiger partial charge on any atom is 0.160 e. The second-order valence-corrected chi connectivity index (χ2v) is 2.78. The highest BCUT2D eigenvalue weighted by molar-refractivity contribution is 7.11. The Bertz CT molecular complexity index is 207. The van der Waals surface area contributed by atoms with Gasteiger partial charge < -0.3 is 0 Å². The number of thiophene rings is 1. The van der Waals surface area contributed by atoms with Gasteiger partial charge in [0.25, 0.3) is 0 Å². The summed E-state index contributed by atoms with van der Waals surface area (Å²) >= 11 is 6.92. The van der Waals surface area contributed by atoms with Crippen molar-refractivity contribution < 1.29 is 4.79 Å². The molecule has 0 atom stereocenters. The average molecular weight is 161 g/mol. The van der Waals surface area contributed by atoms with Crippen molar-refractivity contribution in [3.8, 4) is 0 Å². The van der Waals surface area contributed by atoms with Crippen LogP contribution in [0.1, 0.15) is 15.2 Å². The second kappa shape index (κ2) is 2.99. The highest BCUT2D eigenvalue weighted by atomic mass is 35.5. The van der Waals surface area contributed by atoms with Gasteiger partial charge in [-0.15, -0.1) is 22.9 Å². The van der Waals surface area contributed by atoms with Gasteiger partial charge in [-0.05, 0) is 17.0 Å². The van der Waals surface area contributed by atoms with Crippen LogP contribution in [0.2, 0.25) is 0 Å². The standard InChI is InChI=1S/C6H5ClOS/c7-3-5-1-2-9-6(5)4-8/h1-2,4H,3H2. The number of hydrogen-bond acceptors (Lipinski definition) is 2. The molecule has 9 heavy (non-hydrogen) atoms. The molecule has 0 fully saturated rings. The van der Waals surface area contributed by atoms with Crippen LogP contribution in [-0.2, 0) is 5.88 Å². The van der Waals surface area contributed by atoms with Gasteiger partial charge in [-0.25, -0.2) is 0 Å². The molecule has 0 aliphatic heterocycles. The fourth-order valence-corrected chi connectivity index (χ4v) is 1.60. The van der Waals surface area contributed by atoms with Gasteiger partial charge in [-0.3, -0.25) is 4.79 Å². The Kier molecular flexibility index (Phi) is 2.25. The van der Waals surface area contributed by atoms with E-state index in [0.717, 1.165) is 16.7 Å². The predicted octanol–water partition coefficient (Wildman–Crippen LogP) is 2.30. The monoisotopic (exact) mass is 160 g/mol. The van der Waals surface area contributed by atoms with Crippen LogP contribution in [0.4, 0.5) is 0 Å². The zero-order valence-corrected chi connectivity index (χ0v) is 6.21. The van der Waals surface area contributed by atoms with Crippen LogP contribution in [0.25, 0.3) is 0 Å². The lowest BCUT2D eigenvalue weighted by atomic mass is 10.3. The number of carbonyl (C=O) groups excluding carboxylic acids is 1. The van der Waals surface area contributed by atoms with E-state index in [4.69, 9.17) is 11.6 Å². The predicted molar refractivity (Wildman–Crippen MR) is 39.3 cm³/mol. The maximum atomic E-state index is 10.2. The summed E-state index contributed by atoms with van der Waals surface area (Å²) in [6, 6.07) is 1.86. The Balaban J connectivity index is 2.98. The van der Waals surface area contributed by atoms with Crippen LogP contribution in [0, 0.1) is 0 Å². The molecule has 1 aromatic heterocycles. The van der Waals surface area contributed by atoms with Crippen molar-refractivity contribution in [1.29, 1.82) is 0 Å². The fourth-order valence-electron chi connectivity index (χ4n) is 0.561. The van der Waals surface area contributed by atoms with Crippen molar-refractivity contribution in [2.75, 3.05) is 0 Å². The summed E-state index contributed by atoms with van der Waals surface area (Å²) in [4.78, 5) is 10.9. The Hall–Kier alpha value is -0.340. The molecule has 0 unspecified atom stereocenters. The normalized spacial score (nSPS) is 9.44. The van der Waals surface area contributed by atoms with Crippen LogP contribution in [0.15, 0.2) is 11.4 Å². The molecule has 1 rings (SSSR count). The van der Waals surface area contributed by atoms with Gasteiger partial charge in [-0.1, -0.05) is 0 Å². The molecule has 0 aliphatic carbocycles. The largest absolute Gasteiger partial charge is 0.297 e. The van der Waals surface area contributed by atoms with Crippen LogP contribution in [0.3, 0.4) is 0 Å². The molecule has 1 heterocycles. The Morgan fingerprint density at radius 2 is 2.56 bits per heavy atom. The lowest BCUT2D eigenvalue weighted by Crippen LogP contribution is -1.78. The SMILES string of the molecule is O=Cc1sccc1CCl. The number of aldehydes is 1. The first kappa shape index (κ1) is 6.78. The third-order valence-corrected chi connectivity index (χ3v) is 2.20. The van der Waals surface area contributed by atoms with E-state index in [1.807, 2.05) is 11.4 Å². The molecule has 0 aliphatic rings. The summed E-state index contributed by atoms with van der Waals surface area (Å²) in [6.45, 7) is 0. The van der Waals surface area contributed by atoms with E-state index in [0.29, 0.717) is 5.88 Å². The first-order valence-electron chi connectivity index (χ1n) is 2.46. The zero-order chi connectivity index (χ0) is 6.69. The van der Waals surface area contributed by atoms with Crippen molar-refractivity contribution in [3.63, 3.8) is 0 Å². The number of alkyl halides is 1. The summed E-state index contributed by atoms with van der Waals surface area (Å²) < 4.78 is 0. The van der Waals surface area contributed by atoms with Gasteiger partial charge in [0.2, 0.25) is 0 Å².